The van der Waals surface area contributed by atoms with Crippen molar-refractivity contribution in [3.63, 3.8) is 0 Å². The predicted octanol–water partition coefficient (Wildman–Crippen LogP) is 3.97. The molecule has 0 fully saturated rings. The van der Waals surface area contributed by atoms with Gasteiger partial charge >= 0.3 is 0 Å². The van der Waals surface area contributed by atoms with Crippen molar-refractivity contribution in [2.24, 2.45) is 0 Å². The number of hydrogen-bond donors (Lipinski definition) is 1. The third kappa shape index (κ3) is 3.77. The van der Waals surface area contributed by atoms with E-state index in [1.807, 2.05) is 6.07 Å². The van der Waals surface area contributed by atoms with Gasteiger partial charge in [0.2, 0.25) is 5.91 Å². The van der Waals surface area contributed by atoms with E-state index in [4.69, 9.17) is 8.83 Å². The fourth-order valence-electron chi connectivity index (χ4n) is 1.98. The van der Waals surface area contributed by atoms with Crippen molar-refractivity contribution in [2.75, 3.05) is 6.54 Å². The van der Waals surface area contributed by atoms with Crippen LogP contribution < -0.4 is 5.32 Å². The van der Waals surface area contributed by atoms with E-state index in [9.17, 15) is 4.79 Å². The first-order valence-corrected chi connectivity index (χ1v) is 7.73. The van der Waals surface area contributed by atoms with E-state index in [1.165, 1.54) is 15.8 Å². The van der Waals surface area contributed by atoms with Gasteiger partial charge in [0.1, 0.15) is 5.76 Å². The van der Waals surface area contributed by atoms with Crippen LogP contribution in [0.4, 0.5) is 0 Å². The van der Waals surface area contributed by atoms with Crippen LogP contribution in [0.3, 0.4) is 0 Å². The Balaban J connectivity index is 1.46. The average Bonchev–Trinajstić information content (AvgIpc) is 3.26. The summed E-state index contributed by atoms with van der Waals surface area (Å²) in [6.45, 7) is 0.604. The molecule has 3 heterocycles. The van der Waals surface area contributed by atoms with Crippen LogP contribution in [-0.4, -0.2) is 12.5 Å². The first-order chi connectivity index (χ1) is 10.8. The van der Waals surface area contributed by atoms with Crippen molar-refractivity contribution < 1.29 is 13.6 Å². The minimum absolute atomic E-state index is 0.122. The van der Waals surface area contributed by atoms with Crippen molar-refractivity contribution in [1.29, 1.82) is 0 Å². The smallest absolute Gasteiger partial charge is 0.244 e. The minimum Gasteiger partial charge on any atom is -0.472 e. The summed E-state index contributed by atoms with van der Waals surface area (Å²) in [5.74, 6) is 0.543. The molecule has 0 aliphatic carbocycles. The van der Waals surface area contributed by atoms with Gasteiger partial charge in [-0.25, -0.2) is 0 Å². The van der Waals surface area contributed by atoms with Gasteiger partial charge in [-0.15, -0.1) is 11.3 Å². The number of rotatable bonds is 6. The molecule has 112 valence electrons. The molecule has 3 aromatic heterocycles. The van der Waals surface area contributed by atoms with Gasteiger partial charge in [-0.1, -0.05) is 0 Å². The molecule has 0 bridgehead atoms. The van der Waals surface area contributed by atoms with E-state index in [1.54, 1.807) is 48.3 Å². The van der Waals surface area contributed by atoms with Crippen molar-refractivity contribution in [3.05, 3.63) is 65.8 Å². The molecule has 4 nitrogen and oxygen atoms in total. The van der Waals surface area contributed by atoms with Crippen LogP contribution in [0, 0.1) is 0 Å². The van der Waals surface area contributed by atoms with Gasteiger partial charge in [-0.05, 0) is 42.8 Å². The lowest BCUT2D eigenvalue weighted by Gasteiger charge is -1.99. The van der Waals surface area contributed by atoms with Crippen molar-refractivity contribution >= 4 is 23.3 Å². The van der Waals surface area contributed by atoms with Crippen LogP contribution in [-0.2, 0) is 11.2 Å². The number of nitrogens with one attached hydrogen (secondary N) is 1. The van der Waals surface area contributed by atoms with Gasteiger partial charge in [0, 0.05) is 27.9 Å². The van der Waals surface area contributed by atoms with Gasteiger partial charge in [0.05, 0.1) is 18.8 Å². The van der Waals surface area contributed by atoms with Gasteiger partial charge in [0.25, 0.3) is 0 Å². The normalized spacial score (nSPS) is 11.1. The second-order valence-corrected chi connectivity index (χ2v) is 5.84. The maximum atomic E-state index is 11.7. The number of thiophene rings is 1. The topological polar surface area (TPSA) is 55.4 Å². The van der Waals surface area contributed by atoms with E-state index in [0.29, 0.717) is 12.3 Å². The second-order valence-electron chi connectivity index (χ2n) is 4.67. The zero-order valence-corrected chi connectivity index (χ0v) is 12.6. The molecular weight excluding hydrogens is 298 g/mol. The zero-order chi connectivity index (χ0) is 15.2. The maximum Gasteiger partial charge on any atom is 0.244 e. The highest BCUT2D eigenvalue weighted by atomic mass is 32.1. The minimum atomic E-state index is -0.122. The first-order valence-electron chi connectivity index (χ1n) is 6.92. The molecule has 0 spiro atoms. The Labute approximate surface area is 132 Å². The predicted molar refractivity (Wildman–Crippen MR) is 86.5 cm³/mol. The van der Waals surface area contributed by atoms with Crippen molar-refractivity contribution in [1.82, 2.24) is 5.32 Å². The number of furan rings is 2. The summed E-state index contributed by atoms with van der Waals surface area (Å²) in [5, 5.41) is 2.86. The quantitative estimate of drug-likeness (QED) is 0.700. The van der Waals surface area contributed by atoms with E-state index in [-0.39, 0.29) is 5.91 Å². The van der Waals surface area contributed by atoms with Crippen LogP contribution in [0.1, 0.15) is 10.6 Å². The molecule has 5 heteroatoms. The molecule has 1 amide bonds. The van der Waals surface area contributed by atoms with Crippen LogP contribution in [0.2, 0.25) is 0 Å². The monoisotopic (exact) mass is 313 g/mol. The summed E-state index contributed by atoms with van der Waals surface area (Å²) < 4.78 is 10.2. The molecule has 0 saturated heterocycles. The molecule has 0 aliphatic heterocycles. The molecule has 0 saturated carbocycles. The van der Waals surface area contributed by atoms with Gasteiger partial charge in [0.15, 0.2) is 0 Å². The molecule has 1 N–H and O–H groups in total. The van der Waals surface area contributed by atoms with E-state index < -0.39 is 0 Å². The largest absolute Gasteiger partial charge is 0.472 e. The number of amides is 1. The fraction of sp³-hybridized carbons (Fsp3) is 0.118. The first kappa shape index (κ1) is 14.4. The Bertz CT molecular complexity index is 739. The number of carbonyl (C=O) groups excluding carboxylic acids is 1. The van der Waals surface area contributed by atoms with Crippen LogP contribution >= 0.6 is 11.3 Å². The molecular formula is C17H15NO3S. The highest BCUT2D eigenvalue weighted by Crippen LogP contribution is 2.28. The number of hydrogen-bond acceptors (Lipinski definition) is 4. The Morgan fingerprint density at radius 3 is 2.95 bits per heavy atom. The highest BCUT2D eigenvalue weighted by Gasteiger charge is 2.04. The number of carbonyl (C=O) groups is 1. The Kier molecular flexibility index (Phi) is 4.56. The van der Waals surface area contributed by atoms with Gasteiger partial charge < -0.3 is 14.2 Å². The Morgan fingerprint density at radius 1 is 1.23 bits per heavy atom. The van der Waals surface area contributed by atoms with E-state index >= 15 is 0 Å². The molecule has 0 aromatic carbocycles. The lowest BCUT2D eigenvalue weighted by Crippen LogP contribution is -2.23. The second kappa shape index (κ2) is 6.95. The molecule has 3 aromatic rings. The summed E-state index contributed by atoms with van der Waals surface area (Å²) in [4.78, 5) is 14.1. The van der Waals surface area contributed by atoms with E-state index in [0.717, 1.165) is 12.0 Å². The standard InChI is InChI=1S/C17H15NO3S/c19-17(6-3-14-2-1-10-21-14)18-9-7-15-4-5-16(22-15)13-8-11-20-12-13/h1-6,8,10-12H,7,9H2,(H,18,19). The summed E-state index contributed by atoms with van der Waals surface area (Å²) in [7, 11) is 0. The molecule has 0 radical (unpaired) electrons. The molecule has 0 unspecified atom stereocenters. The highest BCUT2D eigenvalue weighted by molar-refractivity contribution is 7.15. The van der Waals surface area contributed by atoms with Crippen molar-refractivity contribution in [3.8, 4) is 10.4 Å². The van der Waals surface area contributed by atoms with Crippen LogP contribution in [0.25, 0.3) is 16.5 Å². The molecule has 3 rings (SSSR count). The lowest BCUT2D eigenvalue weighted by molar-refractivity contribution is -0.116. The molecule has 0 aliphatic rings. The van der Waals surface area contributed by atoms with Gasteiger partial charge in [-0.2, -0.15) is 0 Å². The fourth-order valence-corrected chi connectivity index (χ4v) is 2.98. The Morgan fingerprint density at radius 2 is 2.18 bits per heavy atom. The lowest BCUT2D eigenvalue weighted by atomic mass is 10.3. The summed E-state index contributed by atoms with van der Waals surface area (Å²) in [5.41, 5.74) is 1.08. The Hall–Kier alpha value is -2.53. The third-order valence-electron chi connectivity index (χ3n) is 3.08. The maximum absolute atomic E-state index is 11.7. The van der Waals surface area contributed by atoms with Gasteiger partial charge in [-0.3, -0.25) is 4.79 Å². The summed E-state index contributed by atoms with van der Waals surface area (Å²) in [6.07, 6.45) is 8.91. The van der Waals surface area contributed by atoms with E-state index in [2.05, 4.69) is 17.4 Å². The van der Waals surface area contributed by atoms with Crippen LogP contribution in [0.5, 0.6) is 0 Å². The summed E-state index contributed by atoms with van der Waals surface area (Å²) in [6, 6.07) is 9.68. The zero-order valence-electron chi connectivity index (χ0n) is 11.8. The van der Waals surface area contributed by atoms with Crippen molar-refractivity contribution in [2.45, 2.75) is 6.42 Å². The average molecular weight is 313 g/mol. The summed E-state index contributed by atoms with van der Waals surface area (Å²) >= 11 is 1.71. The van der Waals surface area contributed by atoms with Crippen LogP contribution in [0.15, 0.2) is 64.0 Å². The molecule has 0 atom stereocenters. The SMILES string of the molecule is O=C(C=Cc1ccco1)NCCc1ccc(-c2ccoc2)s1. The third-order valence-corrected chi connectivity index (χ3v) is 4.27. The molecule has 22 heavy (non-hydrogen) atoms.